The lowest BCUT2D eigenvalue weighted by molar-refractivity contribution is 0.102. The Morgan fingerprint density at radius 1 is 1.25 bits per heavy atom. The number of amides is 1. The van der Waals surface area contributed by atoms with E-state index >= 15 is 0 Å². The maximum Gasteiger partial charge on any atom is 0.255 e. The number of benzene rings is 1. The van der Waals surface area contributed by atoms with Crippen LogP contribution in [0.4, 0.5) is 5.69 Å². The van der Waals surface area contributed by atoms with Gasteiger partial charge in [-0.25, -0.2) is 0 Å². The summed E-state index contributed by atoms with van der Waals surface area (Å²) in [4.78, 5) is 16.0. The molecule has 1 aromatic heterocycles. The molecule has 0 bridgehead atoms. The lowest BCUT2D eigenvalue weighted by Crippen LogP contribution is -2.12. The quantitative estimate of drug-likeness (QED) is 0.940. The van der Waals surface area contributed by atoms with E-state index in [-0.39, 0.29) is 18.3 Å². The van der Waals surface area contributed by atoms with Crippen molar-refractivity contribution in [2.24, 2.45) is 0 Å². The van der Waals surface area contributed by atoms with E-state index in [1.807, 2.05) is 18.2 Å². The summed E-state index contributed by atoms with van der Waals surface area (Å²) in [6.45, 7) is 2.07. The van der Waals surface area contributed by atoms with Gasteiger partial charge in [0.05, 0.1) is 12.8 Å². The number of hydrogen-bond acceptors (Lipinski definition) is 3. The van der Waals surface area contributed by atoms with Crippen molar-refractivity contribution in [2.75, 3.05) is 12.4 Å². The van der Waals surface area contributed by atoms with Gasteiger partial charge in [0.2, 0.25) is 0 Å². The molecule has 0 unspecified atom stereocenters. The third-order valence-corrected chi connectivity index (χ3v) is 2.86. The van der Waals surface area contributed by atoms with Crippen molar-refractivity contribution in [1.29, 1.82) is 0 Å². The van der Waals surface area contributed by atoms with Crippen LogP contribution < -0.4 is 10.1 Å². The van der Waals surface area contributed by atoms with Crippen LogP contribution in [0.2, 0.25) is 0 Å². The normalized spacial score (nSPS) is 9.50. The van der Waals surface area contributed by atoms with E-state index in [0.717, 1.165) is 12.0 Å². The SMILES string of the molecule is CCc1ccc(OC)c(NC(=O)c2ccncc2)c1.Cl. The standard InChI is InChI=1S/C15H16N2O2.ClH/c1-3-11-4-5-14(19-2)13(10-11)17-15(18)12-6-8-16-9-7-12;/h4-10H,3H2,1-2H3,(H,17,18);1H. The van der Waals surface area contributed by atoms with Crippen molar-refractivity contribution >= 4 is 24.0 Å². The van der Waals surface area contributed by atoms with E-state index < -0.39 is 0 Å². The lowest BCUT2D eigenvalue weighted by atomic mass is 10.1. The minimum atomic E-state index is -0.172. The zero-order valence-electron chi connectivity index (χ0n) is 11.4. The molecule has 0 saturated heterocycles. The number of nitrogens with zero attached hydrogens (tertiary/aromatic N) is 1. The Hall–Kier alpha value is -2.07. The molecule has 2 aromatic rings. The fourth-order valence-corrected chi connectivity index (χ4v) is 1.77. The molecule has 106 valence electrons. The van der Waals surface area contributed by atoms with Crippen LogP contribution >= 0.6 is 12.4 Å². The number of ether oxygens (including phenoxy) is 1. The number of carbonyl (C=O) groups excluding carboxylic acids is 1. The molecule has 1 amide bonds. The van der Waals surface area contributed by atoms with Crippen molar-refractivity contribution in [2.45, 2.75) is 13.3 Å². The summed E-state index contributed by atoms with van der Waals surface area (Å²) >= 11 is 0. The summed E-state index contributed by atoms with van der Waals surface area (Å²) in [5.41, 5.74) is 2.40. The van der Waals surface area contributed by atoms with Crippen LogP contribution in [0.1, 0.15) is 22.8 Å². The van der Waals surface area contributed by atoms with Gasteiger partial charge in [0, 0.05) is 18.0 Å². The molecule has 1 aromatic carbocycles. The predicted molar refractivity (Wildman–Crippen MR) is 81.8 cm³/mol. The summed E-state index contributed by atoms with van der Waals surface area (Å²) < 4.78 is 5.25. The Bertz CT molecular complexity index is 573. The van der Waals surface area contributed by atoms with E-state index in [2.05, 4.69) is 17.2 Å². The topological polar surface area (TPSA) is 51.2 Å². The third-order valence-electron chi connectivity index (χ3n) is 2.86. The molecule has 0 aliphatic carbocycles. The molecule has 0 radical (unpaired) electrons. The molecule has 4 nitrogen and oxygen atoms in total. The molecule has 0 aliphatic heterocycles. The Kier molecular flexibility index (Phi) is 6.00. The second-order valence-corrected chi connectivity index (χ2v) is 4.08. The van der Waals surface area contributed by atoms with E-state index in [0.29, 0.717) is 17.0 Å². The Labute approximate surface area is 124 Å². The molecule has 1 N–H and O–H groups in total. The van der Waals surface area contributed by atoms with Gasteiger partial charge in [-0.15, -0.1) is 12.4 Å². The molecule has 5 heteroatoms. The maximum atomic E-state index is 12.1. The first kappa shape index (κ1) is 16.0. The molecule has 2 rings (SSSR count). The molecular formula is C15H17ClN2O2. The van der Waals surface area contributed by atoms with Crippen LogP contribution in [0.25, 0.3) is 0 Å². The molecule has 0 atom stereocenters. The molecule has 0 fully saturated rings. The summed E-state index contributed by atoms with van der Waals surface area (Å²) in [6, 6.07) is 9.12. The largest absolute Gasteiger partial charge is 0.495 e. The average molecular weight is 293 g/mol. The van der Waals surface area contributed by atoms with Crippen LogP contribution in [0.15, 0.2) is 42.7 Å². The maximum absolute atomic E-state index is 12.1. The van der Waals surface area contributed by atoms with E-state index in [1.165, 1.54) is 0 Å². The molecule has 1 heterocycles. The van der Waals surface area contributed by atoms with E-state index in [4.69, 9.17) is 4.74 Å². The number of carbonyl (C=O) groups is 1. The summed E-state index contributed by atoms with van der Waals surface area (Å²) in [7, 11) is 1.59. The van der Waals surface area contributed by atoms with E-state index in [9.17, 15) is 4.79 Å². The van der Waals surface area contributed by atoms with Crippen LogP contribution in [-0.4, -0.2) is 18.0 Å². The average Bonchev–Trinajstić information content (AvgIpc) is 2.48. The van der Waals surface area contributed by atoms with Crippen molar-refractivity contribution < 1.29 is 9.53 Å². The number of aromatic nitrogens is 1. The van der Waals surface area contributed by atoms with Gasteiger partial charge in [0.15, 0.2) is 0 Å². The summed E-state index contributed by atoms with van der Waals surface area (Å²) in [5.74, 6) is 0.480. The minimum Gasteiger partial charge on any atom is -0.495 e. The monoisotopic (exact) mass is 292 g/mol. The number of halogens is 1. The van der Waals surface area contributed by atoms with Crippen LogP contribution in [-0.2, 0) is 6.42 Å². The molecule has 0 saturated carbocycles. The van der Waals surface area contributed by atoms with Crippen molar-refractivity contribution in [3.8, 4) is 5.75 Å². The van der Waals surface area contributed by atoms with Crippen molar-refractivity contribution in [3.05, 3.63) is 53.9 Å². The molecule has 0 spiro atoms. The highest BCUT2D eigenvalue weighted by Crippen LogP contribution is 2.26. The zero-order chi connectivity index (χ0) is 13.7. The number of hydrogen-bond donors (Lipinski definition) is 1. The van der Waals surface area contributed by atoms with Gasteiger partial charge in [-0.1, -0.05) is 13.0 Å². The highest BCUT2D eigenvalue weighted by molar-refractivity contribution is 6.04. The Morgan fingerprint density at radius 3 is 2.55 bits per heavy atom. The van der Waals surface area contributed by atoms with Gasteiger partial charge >= 0.3 is 0 Å². The minimum absolute atomic E-state index is 0. The van der Waals surface area contributed by atoms with Crippen LogP contribution in [0.5, 0.6) is 5.75 Å². The molecular weight excluding hydrogens is 276 g/mol. The fraction of sp³-hybridized carbons (Fsp3) is 0.200. The highest BCUT2D eigenvalue weighted by atomic mass is 35.5. The van der Waals surface area contributed by atoms with Crippen LogP contribution in [0, 0.1) is 0 Å². The smallest absolute Gasteiger partial charge is 0.255 e. The Morgan fingerprint density at radius 2 is 1.95 bits per heavy atom. The third kappa shape index (κ3) is 3.71. The van der Waals surface area contributed by atoms with Gasteiger partial charge in [-0.05, 0) is 36.2 Å². The number of pyridine rings is 1. The van der Waals surface area contributed by atoms with Crippen LogP contribution in [0.3, 0.4) is 0 Å². The van der Waals surface area contributed by atoms with Gasteiger partial charge in [0.25, 0.3) is 5.91 Å². The lowest BCUT2D eigenvalue weighted by Gasteiger charge is -2.11. The number of aryl methyl sites for hydroxylation is 1. The summed E-state index contributed by atoms with van der Waals surface area (Å²) in [6.07, 6.45) is 4.09. The van der Waals surface area contributed by atoms with Crippen molar-refractivity contribution in [1.82, 2.24) is 4.98 Å². The van der Waals surface area contributed by atoms with E-state index in [1.54, 1.807) is 31.6 Å². The highest BCUT2D eigenvalue weighted by Gasteiger charge is 2.09. The predicted octanol–water partition coefficient (Wildman–Crippen LogP) is 3.33. The van der Waals surface area contributed by atoms with Gasteiger partial charge in [0.1, 0.15) is 5.75 Å². The second kappa shape index (κ2) is 7.50. The first-order valence-corrected chi connectivity index (χ1v) is 6.13. The first-order valence-electron chi connectivity index (χ1n) is 6.13. The number of rotatable bonds is 4. The van der Waals surface area contributed by atoms with Gasteiger partial charge in [-0.2, -0.15) is 0 Å². The number of anilines is 1. The molecule has 20 heavy (non-hydrogen) atoms. The zero-order valence-corrected chi connectivity index (χ0v) is 12.2. The van der Waals surface area contributed by atoms with Crippen molar-refractivity contribution in [3.63, 3.8) is 0 Å². The molecule has 0 aliphatic rings. The fourth-order valence-electron chi connectivity index (χ4n) is 1.77. The first-order chi connectivity index (χ1) is 9.24. The Balaban J connectivity index is 0.00000200. The second-order valence-electron chi connectivity index (χ2n) is 4.08. The summed E-state index contributed by atoms with van der Waals surface area (Å²) in [5, 5.41) is 2.86. The van der Waals surface area contributed by atoms with Gasteiger partial charge < -0.3 is 10.1 Å². The van der Waals surface area contributed by atoms with Gasteiger partial charge in [-0.3, -0.25) is 9.78 Å². The number of methoxy groups -OCH3 is 1. The number of nitrogens with one attached hydrogen (secondary N) is 1.